The average Bonchev–Trinajstić information content (AvgIpc) is 3.11. The predicted molar refractivity (Wildman–Crippen MR) is 108 cm³/mol. The first-order valence-electron chi connectivity index (χ1n) is 8.01. The fourth-order valence-corrected chi connectivity index (χ4v) is 3.81. The molecule has 0 saturated carbocycles. The quantitative estimate of drug-likeness (QED) is 0.334. The highest BCUT2D eigenvalue weighted by Crippen LogP contribution is 2.43. The summed E-state index contributed by atoms with van der Waals surface area (Å²) in [5, 5.41) is 4.16. The van der Waals surface area contributed by atoms with Crippen LogP contribution in [0.5, 0.6) is 5.95 Å². The van der Waals surface area contributed by atoms with Crippen LogP contribution in [0.1, 0.15) is 26.3 Å². The molecule has 26 heavy (non-hydrogen) atoms. The van der Waals surface area contributed by atoms with Crippen molar-refractivity contribution in [2.24, 2.45) is 0 Å². The molecule has 0 aliphatic heterocycles. The van der Waals surface area contributed by atoms with Gasteiger partial charge in [-0.3, -0.25) is 4.79 Å². The van der Waals surface area contributed by atoms with Crippen LogP contribution in [-0.2, 0) is 0 Å². The standard InChI is InChI=1S/C20H17Br2NO3/c1-12-8-10-13(11-9-12)18-15(20(25-2)26-23-18)16(21)17(22)19(24)14-6-4-3-5-7-14/h3-11,16-17H,1-2H3. The number of ketones is 1. The van der Waals surface area contributed by atoms with Gasteiger partial charge in [-0.05, 0) is 6.92 Å². The van der Waals surface area contributed by atoms with Crippen molar-refractivity contribution in [3.63, 3.8) is 0 Å². The molecule has 3 rings (SSSR count). The van der Waals surface area contributed by atoms with E-state index in [1.54, 1.807) is 12.1 Å². The summed E-state index contributed by atoms with van der Waals surface area (Å²) in [5.41, 5.74) is 4.02. The van der Waals surface area contributed by atoms with Crippen LogP contribution in [0.3, 0.4) is 0 Å². The van der Waals surface area contributed by atoms with Crippen molar-refractivity contribution in [2.75, 3.05) is 7.11 Å². The van der Waals surface area contributed by atoms with Gasteiger partial charge in [0.15, 0.2) is 5.78 Å². The number of aromatic nitrogens is 1. The van der Waals surface area contributed by atoms with Crippen molar-refractivity contribution in [3.05, 3.63) is 71.3 Å². The fourth-order valence-electron chi connectivity index (χ4n) is 2.63. The van der Waals surface area contributed by atoms with Gasteiger partial charge < -0.3 is 9.26 Å². The molecule has 6 heteroatoms. The highest BCUT2D eigenvalue weighted by molar-refractivity contribution is 9.12. The first-order valence-corrected chi connectivity index (χ1v) is 9.84. The van der Waals surface area contributed by atoms with Gasteiger partial charge in [-0.15, -0.1) is 0 Å². The number of rotatable bonds is 6. The Kier molecular flexibility index (Phi) is 5.94. The third-order valence-electron chi connectivity index (χ3n) is 4.05. The number of hydrogen-bond donors (Lipinski definition) is 0. The maximum absolute atomic E-state index is 12.8. The van der Waals surface area contributed by atoms with Gasteiger partial charge in [-0.25, -0.2) is 0 Å². The van der Waals surface area contributed by atoms with Gasteiger partial charge in [0.05, 0.1) is 22.3 Å². The highest BCUT2D eigenvalue weighted by Gasteiger charge is 2.33. The Morgan fingerprint density at radius 2 is 1.73 bits per heavy atom. The summed E-state index contributed by atoms with van der Waals surface area (Å²) in [6.07, 6.45) is 0. The summed E-state index contributed by atoms with van der Waals surface area (Å²) in [7, 11) is 1.52. The Morgan fingerprint density at radius 1 is 1.08 bits per heavy atom. The van der Waals surface area contributed by atoms with E-state index in [1.807, 2.05) is 49.4 Å². The van der Waals surface area contributed by atoms with E-state index in [1.165, 1.54) is 7.11 Å². The lowest BCUT2D eigenvalue weighted by atomic mass is 9.99. The van der Waals surface area contributed by atoms with Gasteiger partial charge in [0.1, 0.15) is 5.69 Å². The lowest BCUT2D eigenvalue weighted by Gasteiger charge is -2.16. The molecular weight excluding hydrogens is 462 g/mol. The maximum Gasteiger partial charge on any atom is 0.315 e. The molecule has 0 spiro atoms. The Hall–Kier alpha value is -1.92. The van der Waals surface area contributed by atoms with Gasteiger partial charge in [-0.1, -0.05) is 97.2 Å². The van der Waals surface area contributed by atoms with E-state index in [4.69, 9.17) is 9.26 Å². The van der Waals surface area contributed by atoms with Crippen LogP contribution < -0.4 is 4.74 Å². The first-order chi connectivity index (χ1) is 12.5. The van der Waals surface area contributed by atoms with Gasteiger partial charge >= 0.3 is 5.95 Å². The number of Topliss-reactive ketones (excluding diaryl/α,β-unsaturated/α-hetero) is 1. The van der Waals surface area contributed by atoms with Crippen LogP contribution in [0.2, 0.25) is 0 Å². The van der Waals surface area contributed by atoms with E-state index < -0.39 is 4.83 Å². The Balaban J connectivity index is 1.98. The number of carbonyl (C=O) groups is 1. The van der Waals surface area contributed by atoms with Crippen molar-refractivity contribution in [1.82, 2.24) is 5.16 Å². The summed E-state index contributed by atoms with van der Waals surface area (Å²) in [6, 6.07) is 17.1. The number of benzene rings is 2. The molecule has 3 aromatic rings. The van der Waals surface area contributed by atoms with E-state index in [2.05, 4.69) is 37.0 Å². The van der Waals surface area contributed by atoms with Crippen LogP contribution in [-0.4, -0.2) is 22.9 Å². The molecule has 134 valence electrons. The van der Waals surface area contributed by atoms with E-state index in [0.29, 0.717) is 16.8 Å². The lowest BCUT2D eigenvalue weighted by Crippen LogP contribution is -2.19. The zero-order valence-electron chi connectivity index (χ0n) is 14.3. The molecule has 0 fully saturated rings. The molecule has 0 aliphatic rings. The highest BCUT2D eigenvalue weighted by atomic mass is 79.9. The largest absolute Gasteiger partial charge is 0.467 e. The molecule has 0 saturated heterocycles. The first kappa shape index (κ1) is 18.9. The van der Waals surface area contributed by atoms with Gasteiger partial charge in [0.2, 0.25) is 0 Å². The SMILES string of the molecule is COc1onc(-c2ccc(C)cc2)c1C(Br)C(Br)C(=O)c1ccccc1. The lowest BCUT2D eigenvalue weighted by molar-refractivity contribution is 0.0990. The molecule has 0 bridgehead atoms. The van der Waals surface area contributed by atoms with Gasteiger partial charge in [0.25, 0.3) is 0 Å². The monoisotopic (exact) mass is 477 g/mol. The van der Waals surface area contributed by atoms with Gasteiger partial charge in [0, 0.05) is 11.1 Å². The second-order valence-electron chi connectivity index (χ2n) is 5.84. The van der Waals surface area contributed by atoms with Crippen molar-refractivity contribution in [3.8, 4) is 17.2 Å². The number of alkyl halides is 2. The van der Waals surface area contributed by atoms with E-state index in [9.17, 15) is 4.79 Å². The Labute approximate surface area is 168 Å². The molecule has 0 radical (unpaired) electrons. The normalized spacial score (nSPS) is 13.2. The summed E-state index contributed by atoms with van der Waals surface area (Å²) >= 11 is 7.16. The van der Waals surface area contributed by atoms with Crippen LogP contribution in [0.15, 0.2) is 59.1 Å². The average molecular weight is 479 g/mol. The van der Waals surface area contributed by atoms with Crippen LogP contribution in [0, 0.1) is 6.92 Å². The van der Waals surface area contributed by atoms with E-state index >= 15 is 0 Å². The van der Waals surface area contributed by atoms with Gasteiger partial charge in [-0.2, -0.15) is 0 Å². The fraction of sp³-hybridized carbons (Fsp3) is 0.200. The second-order valence-corrected chi connectivity index (χ2v) is 7.81. The van der Waals surface area contributed by atoms with Crippen molar-refractivity contribution in [1.29, 1.82) is 0 Å². The molecule has 2 aromatic carbocycles. The molecule has 4 nitrogen and oxygen atoms in total. The zero-order valence-corrected chi connectivity index (χ0v) is 17.5. The number of halogens is 2. The molecule has 2 unspecified atom stereocenters. The maximum atomic E-state index is 12.8. The number of ether oxygens (including phenoxy) is 1. The third-order valence-corrected chi connectivity index (χ3v) is 6.69. The molecular formula is C20H17Br2NO3. The Bertz CT molecular complexity index is 891. The van der Waals surface area contributed by atoms with E-state index in [-0.39, 0.29) is 16.6 Å². The molecule has 1 aromatic heterocycles. The van der Waals surface area contributed by atoms with Crippen molar-refractivity contribution < 1.29 is 14.1 Å². The summed E-state index contributed by atoms with van der Waals surface area (Å²) < 4.78 is 10.7. The predicted octanol–water partition coefficient (Wildman–Crippen LogP) is 5.74. The minimum Gasteiger partial charge on any atom is -0.467 e. The molecule has 0 aliphatic carbocycles. The molecule has 1 heterocycles. The number of hydrogen-bond acceptors (Lipinski definition) is 4. The van der Waals surface area contributed by atoms with Crippen molar-refractivity contribution in [2.45, 2.75) is 16.6 Å². The second kappa shape index (κ2) is 8.18. The van der Waals surface area contributed by atoms with E-state index in [0.717, 1.165) is 11.1 Å². The van der Waals surface area contributed by atoms with Crippen molar-refractivity contribution >= 4 is 37.6 Å². The number of aryl methyl sites for hydroxylation is 1. The molecule has 0 amide bonds. The number of methoxy groups -OCH3 is 1. The summed E-state index contributed by atoms with van der Waals surface area (Å²) in [6.45, 7) is 2.02. The zero-order chi connectivity index (χ0) is 18.7. The molecule has 0 N–H and O–H groups in total. The number of carbonyl (C=O) groups excluding carboxylic acids is 1. The number of nitrogens with zero attached hydrogens (tertiary/aromatic N) is 1. The molecule has 2 atom stereocenters. The van der Waals surface area contributed by atoms with Crippen LogP contribution in [0.4, 0.5) is 0 Å². The van der Waals surface area contributed by atoms with Crippen LogP contribution in [0.25, 0.3) is 11.3 Å². The smallest absolute Gasteiger partial charge is 0.315 e. The summed E-state index contributed by atoms with van der Waals surface area (Å²) in [4.78, 5) is 11.9. The summed E-state index contributed by atoms with van der Waals surface area (Å²) in [5.74, 6) is 0.248. The topological polar surface area (TPSA) is 52.3 Å². The minimum atomic E-state index is -0.512. The third kappa shape index (κ3) is 3.76. The minimum absolute atomic E-state index is 0.0365. The van der Waals surface area contributed by atoms with Crippen LogP contribution >= 0.6 is 31.9 Å². The Morgan fingerprint density at radius 3 is 2.35 bits per heavy atom.